The van der Waals surface area contributed by atoms with E-state index >= 15 is 0 Å². The van der Waals surface area contributed by atoms with Gasteiger partial charge in [0.25, 0.3) is 0 Å². The van der Waals surface area contributed by atoms with Crippen molar-refractivity contribution in [2.45, 2.75) is 11.8 Å². The van der Waals surface area contributed by atoms with Crippen molar-refractivity contribution >= 4 is 24.1 Å². The number of hydrogen-bond acceptors (Lipinski definition) is 3. The monoisotopic (exact) mass is 275 g/mol. The van der Waals surface area contributed by atoms with E-state index in [-0.39, 0.29) is 11.5 Å². The Morgan fingerprint density at radius 1 is 1.39 bits per heavy atom. The Morgan fingerprint density at radius 3 is 2.50 bits per heavy atom. The van der Waals surface area contributed by atoms with Gasteiger partial charge in [-0.15, -0.1) is 0 Å². The van der Waals surface area contributed by atoms with Crippen LogP contribution in [0.15, 0.2) is 18.2 Å². The average Bonchev–Trinajstić information content (AvgIpc) is 2.26. The summed E-state index contributed by atoms with van der Waals surface area (Å²) in [5.41, 5.74) is 0.424. The van der Waals surface area contributed by atoms with Crippen LogP contribution in [0.5, 0.6) is 0 Å². The highest BCUT2D eigenvalue weighted by atomic mass is 32.2. The second kappa shape index (κ2) is 6.95. The first-order valence-electron chi connectivity index (χ1n) is 4.98. The molecule has 0 aliphatic carbocycles. The first kappa shape index (κ1) is 14.4. The minimum atomic E-state index is -1.15. The van der Waals surface area contributed by atoms with Crippen LogP contribution in [0, 0.1) is 11.6 Å². The third-order valence-corrected chi connectivity index (χ3v) is 3.15. The molecule has 0 fully saturated rings. The molecule has 7 heteroatoms. The lowest BCUT2D eigenvalue weighted by Gasteiger charge is -2.10. The van der Waals surface area contributed by atoms with Crippen molar-refractivity contribution in [1.29, 1.82) is 0 Å². The van der Waals surface area contributed by atoms with Crippen LogP contribution in [0.25, 0.3) is 0 Å². The molecule has 0 spiro atoms. The standard InChI is InChI=1S/C11H11F2NO3S/c12-8-1-7(2-9(13)3-8)4-18-5-10(11(16)17)14-6-15/h1-3,6,10H,4-5H2,(H,14,15)(H,16,17). The molecule has 0 saturated heterocycles. The van der Waals surface area contributed by atoms with Gasteiger partial charge in [-0.1, -0.05) is 0 Å². The SMILES string of the molecule is O=CNC(CSCc1cc(F)cc(F)c1)C(=O)O. The van der Waals surface area contributed by atoms with E-state index in [1.54, 1.807) is 0 Å². The summed E-state index contributed by atoms with van der Waals surface area (Å²) in [6, 6.07) is 2.12. The Morgan fingerprint density at radius 2 is 2.00 bits per heavy atom. The number of carboxylic acids is 1. The molecule has 1 aromatic carbocycles. The van der Waals surface area contributed by atoms with Gasteiger partial charge in [-0.05, 0) is 17.7 Å². The minimum absolute atomic E-state index is 0.117. The zero-order valence-corrected chi connectivity index (χ0v) is 10.0. The number of hydrogen-bond donors (Lipinski definition) is 2. The number of thioether (sulfide) groups is 1. The first-order valence-corrected chi connectivity index (χ1v) is 6.13. The van der Waals surface area contributed by atoms with E-state index in [1.807, 2.05) is 0 Å². The lowest BCUT2D eigenvalue weighted by Crippen LogP contribution is -2.37. The van der Waals surface area contributed by atoms with Crippen molar-refractivity contribution in [3.63, 3.8) is 0 Å². The number of halogens is 2. The molecule has 1 amide bonds. The second-order valence-electron chi connectivity index (χ2n) is 3.47. The lowest BCUT2D eigenvalue weighted by atomic mass is 10.2. The molecule has 0 radical (unpaired) electrons. The lowest BCUT2D eigenvalue weighted by molar-refractivity contribution is -0.139. The number of carbonyl (C=O) groups is 2. The Balaban J connectivity index is 2.49. The summed E-state index contributed by atoms with van der Waals surface area (Å²) in [5, 5.41) is 10.9. The van der Waals surface area contributed by atoms with Crippen LogP contribution in [-0.4, -0.2) is 29.3 Å². The van der Waals surface area contributed by atoms with E-state index in [9.17, 15) is 18.4 Å². The molecule has 4 nitrogen and oxygen atoms in total. The normalized spacial score (nSPS) is 11.9. The van der Waals surface area contributed by atoms with Gasteiger partial charge < -0.3 is 10.4 Å². The number of amides is 1. The van der Waals surface area contributed by atoms with E-state index in [0.29, 0.717) is 12.0 Å². The molecule has 18 heavy (non-hydrogen) atoms. The molecule has 1 aromatic rings. The van der Waals surface area contributed by atoms with Gasteiger partial charge in [-0.25, -0.2) is 13.6 Å². The Kier molecular flexibility index (Phi) is 5.57. The summed E-state index contributed by atoms with van der Waals surface area (Å²) >= 11 is 1.16. The summed E-state index contributed by atoms with van der Waals surface area (Å²) in [5.74, 6) is -2.12. The van der Waals surface area contributed by atoms with Gasteiger partial charge in [0.2, 0.25) is 6.41 Å². The fourth-order valence-corrected chi connectivity index (χ4v) is 2.26. The average molecular weight is 275 g/mol. The fraction of sp³-hybridized carbons (Fsp3) is 0.273. The van der Waals surface area contributed by atoms with Gasteiger partial charge in [0.05, 0.1) is 0 Å². The van der Waals surface area contributed by atoms with E-state index < -0.39 is 23.6 Å². The quantitative estimate of drug-likeness (QED) is 0.738. The van der Waals surface area contributed by atoms with Crippen molar-refractivity contribution in [2.24, 2.45) is 0 Å². The third kappa shape index (κ3) is 4.70. The number of nitrogens with one attached hydrogen (secondary N) is 1. The molecular formula is C11H11F2NO3S. The van der Waals surface area contributed by atoms with Gasteiger partial charge in [-0.2, -0.15) is 11.8 Å². The maximum Gasteiger partial charge on any atom is 0.327 e. The maximum absolute atomic E-state index is 12.9. The maximum atomic E-state index is 12.9. The number of aliphatic carboxylic acids is 1. The predicted molar refractivity (Wildman–Crippen MR) is 63.1 cm³/mol. The van der Waals surface area contributed by atoms with Crippen molar-refractivity contribution in [3.8, 4) is 0 Å². The third-order valence-electron chi connectivity index (χ3n) is 2.04. The molecule has 98 valence electrons. The van der Waals surface area contributed by atoms with Crippen molar-refractivity contribution < 1.29 is 23.5 Å². The van der Waals surface area contributed by atoms with Crippen LogP contribution >= 0.6 is 11.8 Å². The van der Waals surface area contributed by atoms with Gasteiger partial charge in [-0.3, -0.25) is 4.79 Å². The minimum Gasteiger partial charge on any atom is -0.480 e. The van der Waals surface area contributed by atoms with Gasteiger partial charge in [0, 0.05) is 17.6 Å². The van der Waals surface area contributed by atoms with Crippen LogP contribution in [0.1, 0.15) is 5.56 Å². The van der Waals surface area contributed by atoms with Gasteiger partial charge in [0.1, 0.15) is 17.7 Å². The van der Waals surface area contributed by atoms with Crippen LogP contribution < -0.4 is 5.32 Å². The van der Waals surface area contributed by atoms with E-state index in [1.165, 1.54) is 12.1 Å². The van der Waals surface area contributed by atoms with Crippen LogP contribution in [-0.2, 0) is 15.3 Å². The van der Waals surface area contributed by atoms with Gasteiger partial charge >= 0.3 is 5.97 Å². The highest BCUT2D eigenvalue weighted by Crippen LogP contribution is 2.16. The van der Waals surface area contributed by atoms with Crippen molar-refractivity contribution in [3.05, 3.63) is 35.4 Å². The predicted octanol–water partition coefficient (Wildman–Crippen LogP) is 1.40. The van der Waals surface area contributed by atoms with Crippen LogP contribution in [0.3, 0.4) is 0 Å². The molecule has 1 atom stereocenters. The molecular weight excluding hydrogens is 264 g/mol. The zero-order valence-electron chi connectivity index (χ0n) is 9.23. The summed E-state index contributed by atoms with van der Waals surface area (Å²) < 4.78 is 25.7. The van der Waals surface area contributed by atoms with Crippen LogP contribution in [0.2, 0.25) is 0 Å². The molecule has 0 aliphatic rings. The molecule has 1 unspecified atom stereocenters. The molecule has 0 heterocycles. The van der Waals surface area contributed by atoms with Crippen molar-refractivity contribution in [1.82, 2.24) is 5.32 Å². The summed E-state index contributed by atoms with van der Waals surface area (Å²) in [7, 11) is 0. The van der Waals surface area contributed by atoms with E-state index in [4.69, 9.17) is 5.11 Å². The fourth-order valence-electron chi connectivity index (χ4n) is 1.26. The van der Waals surface area contributed by atoms with Crippen molar-refractivity contribution in [2.75, 3.05) is 5.75 Å². The smallest absolute Gasteiger partial charge is 0.327 e. The number of rotatable bonds is 7. The molecule has 0 bridgehead atoms. The Hall–Kier alpha value is -1.63. The van der Waals surface area contributed by atoms with E-state index in [0.717, 1.165) is 17.8 Å². The molecule has 0 aromatic heterocycles. The summed E-state index contributed by atoms with van der Waals surface area (Å²) in [4.78, 5) is 20.8. The highest BCUT2D eigenvalue weighted by molar-refractivity contribution is 7.98. The Labute approximate surface area is 106 Å². The number of benzene rings is 1. The Bertz CT molecular complexity index is 422. The van der Waals surface area contributed by atoms with Crippen LogP contribution in [0.4, 0.5) is 8.78 Å². The molecule has 2 N–H and O–H groups in total. The largest absolute Gasteiger partial charge is 0.480 e. The van der Waals surface area contributed by atoms with E-state index in [2.05, 4.69) is 5.32 Å². The summed E-state index contributed by atoms with van der Waals surface area (Å²) in [6.07, 6.45) is 0.307. The molecule has 1 rings (SSSR count). The number of carboxylic acid groups (broad SMARTS) is 1. The first-order chi connectivity index (χ1) is 8.52. The number of carbonyl (C=O) groups excluding carboxylic acids is 1. The summed E-state index contributed by atoms with van der Waals surface area (Å²) in [6.45, 7) is 0. The topological polar surface area (TPSA) is 66.4 Å². The highest BCUT2D eigenvalue weighted by Gasteiger charge is 2.15. The zero-order chi connectivity index (χ0) is 13.5. The molecule has 0 aliphatic heterocycles. The molecule has 0 saturated carbocycles. The van der Waals surface area contributed by atoms with Gasteiger partial charge in [0.15, 0.2) is 0 Å². The second-order valence-corrected chi connectivity index (χ2v) is 4.50.